The topological polar surface area (TPSA) is 82.0 Å². The van der Waals surface area contributed by atoms with Gasteiger partial charge in [-0.15, -0.1) is 0 Å². The highest BCUT2D eigenvalue weighted by Crippen LogP contribution is 2.12. The molecule has 29 heavy (non-hydrogen) atoms. The molecule has 0 radical (unpaired) electrons. The van der Waals surface area contributed by atoms with E-state index in [1.165, 1.54) is 12.1 Å². The molecule has 144 valence electrons. The Morgan fingerprint density at radius 2 is 1.55 bits per heavy atom. The first-order valence-electron chi connectivity index (χ1n) is 8.99. The first-order valence-corrected chi connectivity index (χ1v) is 8.99. The summed E-state index contributed by atoms with van der Waals surface area (Å²) >= 11 is 0. The standard InChI is InChI=1S/C23H18FN3O2/c24-20-10-4-16(5-11-20)12-13-26-22(28)18-6-8-19(9-7-18)23(29)27-21-3-1-2-17(14-21)15-25/h1-11,14H,12-13H2,(H,26,28)(H,27,29). The lowest BCUT2D eigenvalue weighted by atomic mass is 10.1. The quantitative estimate of drug-likeness (QED) is 0.673. The fourth-order valence-electron chi connectivity index (χ4n) is 2.72. The van der Waals surface area contributed by atoms with Crippen LogP contribution in [0.15, 0.2) is 72.8 Å². The van der Waals surface area contributed by atoms with Crippen molar-refractivity contribution in [3.8, 4) is 6.07 Å². The van der Waals surface area contributed by atoms with Crippen LogP contribution in [-0.2, 0) is 6.42 Å². The second-order valence-electron chi connectivity index (χ2n) is 6.36. The van der Waals surface area contributed by atoms with Gasteiger partial charge in [0.15, 0.2) is 0 Å². The van der Waals surface area contributed by atoms with Crippen molar-refractivity contribution in [2.75, 3.05) is 11.9 Å². The summed E-state index contributed by atoms with van der Waals surface area (Å²) in [6.45, 7) is 0.419. The molecule has 0 heterocycles. The minimum atomic E-state index is -0.330. The van der Waals surface area contributed by atoms with Crippen LogP contribution in [0.25, 0.3) is 0 Å². The van der Waals surface area contributed by atoms with Gasteiger partial charge in [0.05, 0.1) is 11.6 Å². The molecule has 0 saturated carbocycles. The predicted molar refractivity (Wildman–Crippen MR) is 108 cm³/mol. The lowest BCUT2D eigenvalue weighted by molar-refractivity contribution is 0.0952. The van der Waals surface area contributed by atoms with Crippen molar-refractivity contribution in [1.82, 2.24) is 5.32 Å². The third kappa shape index (κ3) is 5.50. The van der Waals surface area contributed by atoms with Crippen molar-refractivity contribution in [3.63, 3.8) is 0 Å². The number of benzene rings is 3. The van der Waals surface area contributed by atoms with Gasteiger partial charge in [0.25, 0.3) is 11.8 Å². The first kappa shape index (κ1) is 19.8. The number of hydrogen-bond acceptors (Lipinski definition) is 3. The SMILES string of the molecule is N#Cc1cccc(NC(=O)c2ccc(C(=O)NCCc3ccc(F)cc3)cc2)c1. The summed E-state index contributed by atoms with van der Waals surface area (Å²) in [5, 5.41) is 14.4. The molecule has 5 nitrogen and oxygen atoms in total. The van der Waals surface area contributed by atoms with Gasteiger partial charge in [-0.2, -0.15) is 5.26 Å². The molecule has 0 aliphatic heterocycles. The molecule has 6 heteroatoms. The minimum absolute atomic E-state index is 0.249. The maximum atomic E-state index is 12.9. The van der Waals surface area contributed by atoms with Gasteiger partial charge in [-0.25, -0.2) is 4.39 Å². The average molecular weight is 387 g/mol. The number of amides is 2. The van der Waals surface area contributed by atoms with Gasteiger partial charge in [-0.3, -0.25) is 9.59 Å². The highest BCUT2D eigenvalue weighted by atomic mass is 19.1. The zero-order chi connectivity index (χ0) is 20.6. The number of rotatable bonds is 6. The molecule has 3 rings (SSSR count). The van der Waals surface area contributed by atoms with Crippen LogP contribution in [0.5, 0.6) is 0 Å². The zero-order valence-corrected chi connectivity index (χ0v) is 15.5. The molecular weight excluding hydrogens is 369 g/mol. The summed E-state index contributed by atoms with van der Waals surface area (Å²) in [4.78, 5) is 24.6. The molecule has 0 aromatic heterocycles. The van der Waals surface area contributed by atoms with Crippen LogP contribution in [0.4, 0.5) is 10.1 Å². The van der Waals surface area contributed by atoms with Crippen molar-refractivity contribution < 1.29 is 14.0 Å². The molecule has 3 aromatic carbocycles. The molecule has 0 aliphatic carbocycles. The van der Waals surface area contributed by atoms with Gasteiger partial charge in [0, 0.05) is 23.4 Å². The van der Waals surface area contributed by atoms with Gasteiger partial charge >= 0.3 is 0 Å². The molecule has 2 N–H and O–H groups in total. The molecule has 0 spiro atoms. The van der Waals surface area contributed by atoms with E-state index in [0.717, 1.165) is 5.56 Å². The van der Waals surface area contributed by atoms with Crippen LogP contribution in [0.1, 0.15) is 31.8 Å². The number of carbonyl (C=O) groups is 2. The Balaban J connectivity index is 1.54. The van der Waals surface area contributed by atoms with E-state index in [9.17, 15) is 14.0 Å². The van der Waals surface area contributed by atoms with Crippen LogP contribution in [0.2, 0.25) is 0 Å². The number of hydrogen-bond donors (Lipinski definition) is 2. The number of nitrogens with zero attached hydrogens (tertiary/aromatic N) is 1. The van der Waals surface area contributed by atoms with E-state index in [4.69, 9.17) is 5.26 Å². The van der Waals surface area contributed by atoms with E-state index < -0.39 is 0 Å². The normalized spacial score (nSPS) is 10.1. The van der Waals surface area contributed by atoms with Gasteiger partial charge in [0.2, 0.25) is 0 Å². The second-order valence-corrected chi connectivity index (χ2v) is 6.36. The van der Waals surface area contributed by atoms with Crippen molar-refractivity contribution in [3.05, 3.63) is 101 Å². The Kier molecular flexibility index (Phi) is 6.33. The molecule has 3 aromatic rings. The zero-order valence-electron chi connectivity index (χ0n) is 15.5. The predicted octanol–water partition coefficient (Wildman–Crippen LogP) is 3.92. The summed E-state index contributed by atoms with van der Waals surface area (Å²) in [6, 6.07) is 21.1. The van der Waals surface area contributed by atoms with E-state index in [2.05, 4.69) is 10.6 Å². The minimum Gasteiger partial charge on any atom is -0.352 e. The van der Waals surface area contributed by atoms with E-state index in [-0.39, 0.29) is 17.6 Å². The first-order chi connectivity index (χ1) is 14.0. The third-order valence-corrected chi connectivity index (χ3v) is 4.27. The smallest absolute Gasteiger partial charge is 0.255 e. The van der Waals surface area contributed by atoms with Crippen LogP contribution >= 0.6 is 0 Å². The van der Waals surface area contributed by atoms with Crippen LogP contribution in [-0.4, -0.2) is 18.4 Å². The number of halogens is 1. The maximum absolute atomic E-state index is 12.9. The molecular formula is C23H18FN3O2. The average Bonchev–Trinajstić information content (AvgIpc) is 2.75. The molecule has 0 saturated heterocycles. The summed E-state index contributed by atoms with van der Waals surface area (Å²) in [7, 11) is 0. The highest BCUT2D eigenvalue weighted by Gasteiger charge is 2.09. The molecule has 0 atom stereocenters. The van der Waals surface area contributed by atoms with Gasteiger partial charge in [0.1, 0.15) is 5.82 Å². The Labute approximate surface area is 167 Å². The van der Waals surface area contributed by atoms with Gasteiger partial charge < -0.3 is 10.6 Å². The monoisotopic (exact) mass is 387 g/mol. The van der Waals surface area contributed by atoms with Crippen molar-refractivity contribution in [2.24, 2.45) is 0 Å². The van der Waals surface area contributed by atoms with E-state index in [1.807, 2.05) is 6.07 Å². The number of nitriles is 1. The summed E-state index contributed by atoms with van der Waals surface area (Å²) in [6.07, 6.45) is 0.592. The lowest BCUT2D eigenvalue weighted by Crippen LogP contribution is -2.25. The van der Waals surface area contributed by atoms with E-state index in [0.29, 0.717) is 35.3 Å². The van der Waals surface area contributed by atoms with Crippen molar-refractivity contribution >= 4 is 17.5 Å². The lowest BCUT2D eigenvalue weighted by Gasteiger charge is -2.08. The molecule has 0 bridgehead atoms. The van der Waals surface area contributed by atoms with Gasteiger partial charge in [-0.1, -0.05) is 18.2 Å². The summed E-state index contributed by atoms with van der Waals surface area (Å²) < 4.78 is 12.9. The molecule has 2 amide bonds. The van der Waals surface area contributed by atoms with Gasteiger partial charge in [-0.05, 0) is 66.6 Å². The third-order valence-electron chi connectivity index (χ3n) is 4.27. The maximum Gasteiger partial charge on any atom is 0.255 e. The van der Waals surface area contributed by atoms with Crippen LogP contribution in [0, 0.1) is 17.1 Å². The Morgan fingerprint density at radius 3 is 2.21 bits per heavy atom. The number of nitrogens with one attached hydrogen (secondary N) is 2. The Bertz CT molecular complexity index is 1050. The summed E-state index contributed by atoms with van der Waals surface area (Å²) in [5.41, 5.74) is 2.74. The van der Waals surface area contributed by atoms with Crippen LogP contribution in [0.3, 0.4) is 0 Å². The molecule has 0 aliphatic rings. The second kappa shape index (κ2) is 9.29. The van der Waals surface area contributed by atoms with Crippen molar-refractivity contribution in [1.29, 1.82) is 5.26 Å². The van der Waals surface area contributed by atoms with E-state index >= 15 is 0 Å². The fourth-order valence-corrected chi connectivity index (χ4v) is 2.72. The van der Waals surface area contributed by atoms with Crippen molar-refractivity contribution in [2.45, 2.75) is 6.42 Å². The Hall–Kier alpha value is -3.98. The Morgan fingerprint density at radius 1 is 0.897 bits per heavy atom. The fraction of sp³-hybridized carbons (Fsp3) is 0.0870. The molecule has 0 unspecified atom stereocenters. The van der Waals surface area contributed by atoms with Crippen LogP contribution < -0.4 is 10.6 Å². The number of anilines is 1. The van der Waals surface area contributed by atoms with E-state index in [1.54, 1.807) is 60.7 Å². The number of carbonyl (C=O) groups excluding carboxylic acids is 2. The summed E-state index contributed by atoms with van der Waals surface area (Å²) in [5.74, 6) is -0.871. The molecule has 0 fully saturated rings. The largest absolute Gasteiger partial charge is 0.352 e. The highest BCUT2D eigenvalue weighted by molar-refractivity contribution is 6.05.